The zero-order chi connectivity index (χ0) is 17.6. The topological polar surface area (TPSA) is 25.8 Å². The van der Waals surface area contributed by atoms with Crippen molar-refractivity contribution in [2.45, 2.75) is 51.4 Å². The van der Waals surface area contributed by atoms with E-state index in [1.807, 2.05) is 24.5 Å². The highest BCUT2D eigenvalue weighted by atomic mass is 35.5. The van der Waals surface area contributed by atoms with Crippen LogP contribution in [0.3, 0.4) is 0 Å². The maximum atomic E-state index is 6.08. The lowest BCUT2D eigenvalue weighted by atomic mass is 9.79. The molecule has 1 saturated carbocycles. The van der Waals surface area contributed by atoms with Crippen molar-refractivity contribution in [2.75, 3.05) is 0 Å². The molecule has 0 bridgehead atoms. The second-order valence-corrected chi connectivity index (χ2v) is 7.61. The lowest BCUT2D eigenvalue weighted by Crippen LogP contribution is -2.12. The summed E-state index contributed by atoms with van der Waals surface area (Å²) in [6, 6.07) is 5.49. The Morgan fingerprint density at radius 3 is 2.40 bits per heavy atom. The summed E-state index contributed by atoms with van der Waals surface area (Å²) in [6.45, 7) is 2.23. The molecule has 1 heterocycles. The summed E-state index contributed by atoms with van der Waals surface area (Å²) in [5.41, 5.74) is 2.14. The molecule has 1 fully saturated rings. The molecular weight excluding hydrogens is 351 g/mol. The third kappa shape index (κ3) is 4.83. The van der Waals surface area contributed by atoms with Crippen LogP contribution in [-0.2, 0) is 0 Å². The van der Waals surface area contributed by atoms with Crippen LogP contribution in [0.1, 0.15) is 56.9 Å². The maximum Gasteiger partial charge on any atom is 0.159 e. The molecule has 0 atom stereocenters. The molecule has 0 aliphatic heterocycles. The van der Waals surface area contributed by atoms with Gasteiger partial charge in [0.25, 0.3) is 0 Å². The molecule has 1 aliphatic carbocycles. The van der Waals surface area contributed by atoms with Gasteiger partial charge in [-0.25, -0.2) is 9.97 Å². The molecule has 4 heteroatoms. The van der Waals surface area contributed by atoms with Gasteiger partial charge in [0.1, 0.15) is 0 Å². The number of allylic oxidation sites excluding steroid dienone is 2. The van der Waals surface area contributed by atoms with Gasteiger partial charge in [-0.15, -0.1) is 0 Å². The van der Waals surface area contributed by atoms with Gasteiger partial charge in [-0.05, 0) is 67.7 Å². The fourth-order valence-electron chi connectivity index (χ4n) is 3.43. The van der Waals surface area contributed by atoms with Gasteiger partial charge in [-0.2, -0.15) is 0 Å². The van der Waals surface area contributed by atoms with E-state index >= 15 is 0 Å². The highest BCUT2D eigenvalue weighted by Crippen LogP contribution is 2.36. The minimum Gasteiger partial charge on any atom is -0.236 e. The zero-order valence-electron chi connectivity index (χ0n) is 14.6. The van der Waals surface area contributed by atoms with E-state index in [2.05, 4.69) is 29.0 Å². The molecule has 1 aromatic carbocycles. The van der Waals surface area contributed by atoms with E-state index in [4.69, 9.17) is 23.2 Å². The number of hydrogen-bond donors (Lipinski definition) is 0. The van der Waals surface area contributed by atoms with Crippen molar-refractivity contribution in [3.8, 4) is 11.4 Å². The molecule has 0 N–H and O–H groups in total. The Bertz CT molecular complexity index is 717. The van der Waals surface area contributed by atoms with Gasteiger partial charge >= 0.3 is 0 Å². The van der Waals surface area contributed by atoms with Gasteiger partial charge in [0, 0.05) is 18.0 Å². The van der Waals surface area contributed by atoms with Crippen molar-refractivity contribution >= 4 is 23.2 Å². The van der Waals surface area contributed by atoms with Crippen LogP contribution in [0.5, 0.6) is 0 Å². The van der Waals surface area contributed by atoms with Crippen LogP contribution >= 0.6 is 23.2 Å². The van der Waals surface area contributed by atoms with Crippen molar-refractivity contribution in [1.29, 1.82) is 0 Å². The van der Waals surface area contributed by atoms with Crippen molar-refractivity contribution in [3.05, 3.63) is 58.4 Å². The molecule has 0 spiro atoms. The third-order valence-electron chi connectivity index (χ3n) is 4.96. The van der Waals surface area contributed by atoms with E-state index in [0.717, 1.165) is 11.5 Å². The number of hydrogen-bond acceptors (Lipinski definition) is 2. The lowest BCUT2D eigenvalue weighted by molar-refractivity contribution is 0.374. The number of aromatic nitrogens is 2. The van der Waals surface area contributed by atoms with Crippen molar-refractivity contribution in [2.24, 2.45) is 5.92 Å². The zero-order valence-corrected chi connectivity index (χ0v) is 16.1. The molecule has 132 valence electrons. The first-order valence-corrected chi connectivity index (χ1v) is 9.87. The lowest BCUT2D eigenvalue weighted by Gasteiger charge is -2.26. The first-order valence-electron chi connectivity index (χ1n) is 9.11. The van der Waals surface area contributed by atoms with Crippen molar-refractivity contribution < 1.29 is 0 Å². The minimum absolute atomic E-state index is 0.529. The number of halogens is 2. The molecule has 2 aromatic rings. The molecule has 2 nitrogen and oxygen atoms in total. The SMILES string of the molecule is CCCC=C[C@H]1CC[C@H](c2cnc(-c3ccc(Cl)c(Cl)c3)nc2)CC1. The van der Waals surface area contributed by atoms with Crippen LogP contribution in [-0.4, -0.2) is 9.97 Å². The maximum absolute atomic E-state index is 6.08. The summed E-state index contributed by atoms with van der Waals surface area (Å²) in [7, 11) is 0. The molecule has 1 aromatic heterocycles. The molecular formula is C21H24Cl2N2. The van der Waals surface area contributed by atoms with Crippen LogP contribution < -0.4 is 0 Å². The summed E-state index contributed by atoms with van der Waals surface area (Å²) < 4.78 is 0. The first-order chi connectivity index (χ1) is 12.2. The summed E-state index contributed by atoms with van der Waals surface area (Å²) >= 11 is 12.1. The average Bonchev–Trinajstić information content (AvgIpc) is 2.65. The molecule has 0 saturated heterocycles. The van der Waals surface area contributed by atoms with E-state index in [9.17, 15) is 0 Å². The van der Waals surface area contributed by atoms with Crippen molar-refractivity contribution in [3.63, 3.8) is 0 Å². The Labute approximate surface area is 160 Å². The number of unbranched alkanes of at least 4 members (excludes halogenated alkanes) is 1. The molecule has 0 amide bonds. The van der Waals surface area contributed by atoms with Gasteiger partial charge in [0.05, 0.1) is 10.0 Å². The summed E-state index contributed by atoms with van der Waals surface area (Å²) in [6.07, 6.45) is 16.1. The molecule has 1 aliphatic rings. The van der Waals surface area contributed by atoms with Crippen LogP contribution in [0.15, 0.2) is 42.7 Å². The number of nitrogens with zero attached hydrogens (tertiary/aromatic N) is 2. The van der Waals surface area contributed by atoms with Crippen LogP contribution in [0.25, 0.3) is 11.4 Å². The molecule has 3 rings (SSSR count). The van der Waals surface area contributed by atoms with Crippen molar-refractivity contribution in [1.82, 2.24) is 9.97 Å². The summed E-state index contributed by atoms with van der Waals surface area (Å²) in [4.78, 5) is 9.10. The standard InChI is InChI=1S/C21H24Cl2N2/c1-2-3-4-5-15-6-8-16(9-7-15)18-13-24-21(25-14-18)17-10-11-19(22)20(23)12-17/h4-5,10-16H,2-3,6-9H2,1H3/t15-,16-. The highest BCUT2D eigenvalue weighted by Gasteiger charge is 2.21. The van der Waals surface area contributed by atoms with Gasteiger partial charge in [0.15, 0.2) is 5.82 Å². The Hall–Kier alpha value is -1.38. The van der Waals surface area contributed by atoms with E-state index in [1.54, 1.807) is 6.07 Å². The van der Waals surface area contributed by atoms with Crippen LogP contribution in [0, 0.1) is 5.92 Å². The van der Waals surface area contributed by atoms with Gasteiger partial charge < -0.3 is 0 Å². The number of benzene rings is 1. The third-order valence-corrected chi connectivity index (χ3v) is 5.70. The Kier molecular flexibility index (Phi) is 6.50. The smallest absolute Gasteiger partial charge is 0.159 e. The predicted molar refractivity (Wildman–Crippen MR) is 106 cm³/mol. The van der Waals surface area contributed by atoms with E-state index in [-0.39, 0.29) is 0 Å². The second-order valence-electron chi connectivity index (χ2n) is 6.80. The predicted octanol–water partition coefficient (Wildman–Crippen LogP) is 7.08. The van der Waals surface area contributed by atoms with E-state index in [1.165, 1.54) is 44.1 Å². The molecule has 25 heavy (non-hydrogen) atoms. The normalized spacial score (nSPS) is 20.9. The first kappa shape index (κ1) is 18.4. The Balaban J connectivity index is 1.62. The fraction of sp³-hybridized carbons (Fsp3) is 0.429. The minimum atomic E-state index is 0.529. The summed E-state index contributed by atoms with van der Waals surface area (Å²) in [5.74, 6) is 2.02. The van der Waals surface area contributed by atoms with E-state index < -0.39 is 0 Å². The molecule has 0 radical (unpaired) electrons. The van der Waals surface area contributed by atoms with E-state index in [0.29, 0.717) is 21.8 Å². The fourth-order valence-corrected chi connectivity index (χ4v) is 3.73. The van der Waals surface area contributed by atoms with Gasteiger partial charge in [-0.1, -0.05) is 48.7 Å². The summed E-state index contributed by atoms with van der Waals surface area (Å²) in [5, 5.41) is 1.08. The number of rotatable bonds is 5. The average molecular weight is 375 g/mol. The largest absolute Gasteiger partial charge is 0.236 e. The Morgan fingerprint density at radius 1 is 1.04 bits per heavy atom. The highest BCUT2D eigenvalue weighted by molar-refractivity contribution is 6.42. The van der Waals surface area contributed by atoms with Crippen LogP contribution in [0.4, 0.5) is 0 Å². The van der Waals surface area contributed by atoms with Crippen LogP contribution in [0.2, 0.25) is 10.0 Å². The Morgan fingerprint density at radius 2 is 1.76 bits per heavy atom. The second kappa shape index (κ2) is 8.82. The van der Waals surface area contributed by atoms with Gasteiger partial charge in [-0.3, -0.25) is 0 Å². The van der Waals surface area contributed by atoms with Gasteiger partial charge in [0.2, 0.25) is 0 Å². The quantitative estimate of drug-likeness (QED) is 0.522. The molecule has 0 unspecified atom stereocenters. The monoisotopic (exact) mass is 374 g/mol.